The Kier molecular flexibility index (Phi) is 9.95. The molecule has 2 aliphatic heterocycles. The van der Waals surface area contributed by atoms with Crippen molar-refractivity contribution in [2.45, 2.75) is 54.8 Å². The molecule has 20 heteroatoms. The van der Waals surface area contributed by atoms with Gasteiger partial charge in [-0.2, -0.15) is 0 Å². The zero-order valence-electron chi connectivity index (χ0n) is 33.2. The zero-order valence-corrected chi connectivity index (χ0v) is 33.2. The first-order valence-electron chi connectivity index (χ1n) is 18.8. The number of phenols is 2. The van der Waals surface area contributed by atoms with E-state index >= 15 is 0 Å². The largest absolute Gasteiger partial charge is 0.508 e. The van der Waals surface area contributed by atoms with Crippen LogP contribution in [0.4, 0.5) is 11.4 Å². The second kappa shape index (κ2) is 14.3. The Balaban J connectivity index is 0.000000184. The third-order valence-corrected chi connectivity index (χ3v) is 12.4. The number of likely N-dealkylation sites (N-methyl/N-ethyl adjacent to an activating group) is 2. The van der Waals surface area contributed by atoms with Gasteiger partial charge in [-0.05, 0) is 65.8 Å². The summed E-state index contributed by atoms with van der Waals surface area (Å²) in [5.74, 6) is -12.8. The van der Waals surface area contributed by atoms with Crippen LogP contribution < -0.4 is 16.4 Å². The molecule has 2 saturated carbocycles. The number of aliphatic hydroxyl groups excluding tert-OH is 5. The Morgan fingerprint density at radius 1 is 0.705 bits per heavy atom. The molecule has 0 aromatic heterocycles. The van der Waals surface area contributed by atoms with Crippen LogP contribution in [0.15, 0.2) is 70.2 Å². The van der Waals surface area contributed by atoms with E-state index in [2.05, 4.69) is 10.6 Å². The molecule has 2 fully saturated rings. The van der Waals surface area contributed by atoms with E-state index in [1.165, 1.54) is 48.2 Å². The lowest BCUT2D eigenvalue weighted by Gasteiger charge is -2.52. The van der Waals surface area contributed by atoms with Gasteiger partial charge < -0.3 is 62.3 Å². The Morgan fingerprint density at radius 3 is 1.69 bits per heavy atom. The fraction of sp³-hybridized carbons (Fsp3) is 0.366. The maximum absolute atomic E-state index is 13.5. The number of hydrogen-bond acceptors (Lipinski definition) is 19. The summed E-state index contributed by atoms with van der Waals surface area (Å²) in [4.78, 5) is 79.6. The topological polar surface area (TPSA) is 341 Å². The molecular weight excluding hydrogens is 802 g/mol. The molecule has 2 aromatic rings. The molecule has 0 unspecified atom stereocenters. The number of aromatic hydroxyl groups is 2. The van der Waals surface area contributed by atoms with Gasteiger partial charge in [0.25, 0.3) is 5.91 Å². The average Bonchev–Trinajstić information content (AvgIpc) is 3.16. The molecule has 61 heavy (non-hydrogen) atoms. The predicted octanol–water partition coefficient (Wildman–Crippen LogP) is -0.754. The first-order valence-corrected chi connectivity index (χ1v) is 18.8. The molecule has 20 nitrogen and oxygen atoms in total. The molecule has 2 aromatic carbocycles. The van der Waals surface area contributed by atoms with Crippen molar-refractivity contribution in [2.75, 3.05) is 38.8 Å². The number of hydrogen-bond donors (Lipinski definition) is 12. The number of benzene rings is 2. The minimum absolute atomic E-state index is 0.0196. The summed E-state index contributed by atoms with van der Waals surface area (Å²) in [6, 6.07) is 4.31. The van der Waals surface area contributed by atoms with E-state index in [1.54, 1.807) is 26.2 Å². The van der Waals surface area contributed by atoms with Gasteiger partial charge in [0, 0.05) is 17.3 Å². The number of nitrogens with zero attached hydrogens (tertiary/aromatic N) is 2. The van der Waals surface area contributed by atoms with Gasteiger partial charge in [0.2, 0.25) is 11.6 Å². The summed E-state index contributed by atoms with van der Waals surface area (Å²) < 4.78 is 0. The smallest absolute Gasteiger partial charge is 0.255 e. The molecule has 0 radical (unpaired) electrons. The Labute approximate surface area is 345 Å². The van der Waals surface area contributed by atoms with Crippen LogP contribution in [0.25, 0.3) is 11.5 Å². The van der Waals surface area contributed by atoms with Crippen LogP contribution in [0.5, 0.6) is 11.5 Å². The molecule has 322 valence electrons. The number of primary amides is 1. The zero-order chi connectivity index (χ0) is 45.1. The Morgan fingerprint density at radius 2 is 1.18 bits per heavy atom. The van der Waals surface area contributed by atoms with Gasteiger partial charge in [0.1, 0.15) is 45.7 Å². The molecule has 13 N–H and O–H groups in total. The number of aliphatic hydroxyl groups is 7. The lowest BCUT2D eigenvalue weighted by atomic mass is 9.59. The fourth-order valence-corrected chi connectivity index (χ4v) is 9.76. The van der Waals surface area contributed by atoms with Crippen LogP contribution in [0.2, 0.25) is 0 Å². The van der Waals surface area contributed by atoms with Crippen LogP contribution in [-0.2, 0) is 28.8 Å². The first kappa shape index (κ1) is 42.5. The van der Waals surface area contributed by atoms with Crippen LogP contribution in [0.3, 0.4) is 0 Å². The van der Waals surface area contributed by atoms with Crippen molar-refractivity contribution in [3.63, 3.8) is 0 Å². The summed E-state index contributed by atoms with van der Waals surface area (Å²) in [6.45, 7) is 1.01. The van der Waals surface area contributed by atoms with E-state index in [4.69, 9.17) is 5.73 Å². The molecule has 2 heterocycles. The number of phenolic OH excluding ortho intramolecular Hbond substituents is 2. The number of nitrogens with two attached hydrogens (primary N) is 1. The molecule has 1 amide bonds. The van der Waals surface area contributed by atoms with Crippen molar-refractivity contribution in [1.29, 1.82) is 0 Å². The number of carbonyl (C=O) groups excluding carboxylic acids is 6. The van der Waals surface area contributed by atoms with Gasteiger partial charge in [-0.25, -0.2) is 0 Å². The molecule has 0 bridgehead atoms. The minimum atomic E-state index is -2.84. The van der Waals surface area contributed by atoms with E-state index in [0.717, 1.165) is 6.92 Å². The highest BCUT2D eigenvalue weighted by Crippen LogP contribution is 2.52. The van der Waals surface area contributed by atoms with E-state index < -0.39 is 128 Å². The van der Waals surface area contributed by atoms with Crippen molar-refractivity contribution >= 4 is 57.7 Å². The SMILES string of the molecule is CC(=O)C1=C(O)[C@@]2(O)C(=O)C3=C(O)c4c(O)cccc4N[C@H]3[C@H](O)[C@H]2[C@H](N(C)C)C1=O.CN(C)[C@@H]1C(=O)C(C(N)=O)=C(O)[C@@]2(O)C(=O)C3=C(O)c4c(O)cccc4N[C@H]3C[C@@H]12. The number of fused-ring (bicyclic) bond motifs is 6. The van der Waals surface area contributed by atoms with E-state index in [-0.39, 0.29) is 40.3 Å². The maximum atomic E-state index is 13.5. The third-order valence-electron chi connectivity index (χ3n) is 12.4. The van der Waals surface area contributed by atoms with E-state index in [1.807, 2.05) is 0 Å². The number of Topliss-reactive ketones (excluding diaryl/α,β-unsaturated/α-hetero) is 5. The molecule has 9 atom stereocenters. The predicted molar refractivity (Wildman–Crippen MR) is 212 cm³/mol. The van der Waals surface area contributed by atoms with Gasteiger partial charge in [-0.1, -0.05) is 12.1 Å². The van der Waals surface area contributed by atoms with E-state index in [0.29, 0.717) is 5.69 Å². The monoisotopic (exact) mass is 845 g/mol. The molecule has 8 rings (SSSR count). The highest BCUT2D eigenvalue weighted by molar-refractivity contribution is 6.26. The lowest BCUT2D eigenvalue weighted by molar-refractivity contribution is -0.164. The highest BCUT2D eigenvalue weighted by atomic mass is 16.4. The van der Waals surface area contributed by atoms with Crippen LogP contribution in [0.1, 0.15) is 24.5 Å². The molecule has 4 aliphatic carbocycles. The molecule has 6 aliphatic rings. The van der Waals surface area contributed by atoms with Crippen molar-refractivity contribution < 1.29 is 74.7 Å². The third kappa shape index (κ3) is 5.70. The summed E-state index contributed by atoms with van der Waals surface area (Å²) in [5, 5.41) is 103. The minimum Gasteiger partial charge on any atom is -0.508 e. The summed E-state index contributed by atoms with van der Waals surface area (Å²) in [6.07, 6.45) is -1.66. The second-order valence-electron chi connectivity index (χ2n) is 16.2. The van der Waals surface area contributed by atoms with Gasteiger partial charge >= 0.3 is 0 Å². The van der Waals surface area contributed by atoms with Gasteiger partial charge in [-0.3, -0.25) is 38.6 Å². The molecule has 0 saturated heterocycles. The summed E-state index contributed by atoms with van der Waals surface area (Å²) in [5.41, 5.74) is -2.05. The molecular formula is C41H43N5O15. The first-order chi connectivity index (χ1) is 28.5. The number of amides is 1. The normalized spacial score (nSPS) is 31.5. The average molecular weight is 846 g/mol. The number of rotatable bonds is 4. The fourth-order valence-electron chi connectivity index (χ4n) is 9.76. The lowest BCUT2D eigenvalue weighted by Crippen LogP contribution is -2.71. The summed E-state index contributed by atoms with van der Waals surface area (Å²) in [7, 11) is 6.04. The van der Waals surface area contributed by atoms with Gasteiger partial charge in [0.15, 0.2) is 28.6 Å². The quantitative estimate of drug-likeness (QED) is 0.168. The van der Waals surface area contributed by atoms with Crippen LogP contribution in [0, 0.1) is 11.8 Å². The van der Waals surface area contributed by atoms with E-state index in [9.17, 15) is 74.7 Å². The van der Waals surface area contributed by atoms with Crippen molar-refractivity contribution in [2.24, 2.45) is 17.6 Å². The Bertz CT molecular complexity index is 2520. The Hall–Kier alpha value is -6.58. The second-order valence-corrected chi connectivity index (χ2v) is 16.2. The van der Waals surface area contributed by atoms with Gasteiger partial charge in [0.05, 0.1) is 58.5 Å². The highest BCUT2D eigenvalue weighted by Gasteiger charge is 2.68. The van der Waals surface area contributed by atoms with Crippen molar-refractivity contribution in [1.82, 2.24) is 9.80 Å². The number of carbonyl (C=O) groups is 6. The maximum Gasteiger partial charge on any atom is 0.255 e. The molecule has 0 spiro atoms. The number of nitrogens with one attached hydrogen (secondary N) is 2. The van der Waals surface area contributed by atoms with Gasteiger partial charge in [-0.15, -0.1) is 0 Å². The van der Waals surface area contributed by atoms with Crippen LogP contribution >= 0.6 is 0 Å². The standard InChI is InChI=1S/C21H22N2O8.C20H21N3O7/c1-7(24)10-17(27)15(23(2)3)13-18(28)14-12(20(30)21(13,31)19(10)29)16(26)11-8(22-14)5-4-6-9(11)25;1-23(2)14-7-6-9-12(15(25)11-8(22-9)4-3-5-10(11)24)17(27)20(7,30)18(28)13(16(14)26)19(21)29/h4-6,13-15,18,22,25-26,28-29,31H,1-3H3;3-5,7,9,14,22,24-25,28,30H,6H2,1-2H3,(H2,21,29)/t13-,14-,15+,18-,21-;7-,9-,14-,20-/m10/s1. The number of anilines is 2. The van der Waals surface area contributed by atoms with Crippen LogP contribution in [-0.4, -0.2) is 160 Å². The van der Waals surface area contributed by atoms with Crippen molar-refractivity contribution in [3.05, 3.63) is 81.3 Å². The summed E-state index contributed by atoms with van der Waals surface area (Å²) >= 11 is 0. The van der Waals surface area contributed by atoms with Crippen molar-refractivity contribution in [3.8, 4) is 11.5 Å². The number of ketones is 5.